The van der Waals surface area contributed by atoms with Crippen molar-refractivity contribution in [3.8, 4) is 5.75 Å². The number of rotatable bonds is 4. The highest BCUT2D eigenvalue weighted by atomic mass is 16.5. The molecule has 1 aliphatic heterocycles. The van der Waals surface area contributed by atoms with E-state index in [9.17, 15) is 14.7 Å². The molecule has 0 bridgehead atoms. The smallest absolute Gasteiger partial charge is 0.227 e. The molecule has 108 valence electrons. The van der Waals surface area contributed by atoms with Crippen molar-refractivity contribution in [3.05, 3.63) is 29.8 Å². The summed E-state index contributed by atoms with van der Waals surface area (Å²) in [5, 5.41) is 12.4. The summed E-state index contributed by atoms with van der Waals surface area (Å²) in [5.41, 5.74) is 0.906. The average Bonchev–Trinajstić information content (AvgIpc) is 2.66. The fourth-order valence-electron chi connectivity index (χ4n) is 2.27. The maximum Gasteiger partial charge on any atom is 0.227 e. The van der Waals surface area contributed by atoms with Gasteiger partial charge in [0.05, 0.1) is 13.5 Å². The molecule has 1 aromatic rings. The molecule has 1 saturated heterocycles. The van der Waals surface area contributed by atoms with E-state index in [2.05, 4.69) is 5.32 Å². The summed E-state index contributed by atoms with van der Waals surface area (Å²) >= 11 is 0. The second-order valence-corrected chi connectivity index (χ2v) is 4.79. The van der Waals surface area contributed by atoms with Gasteiger partial charge in [-0.25, -0.2) is 0 Å². The number of amides is 2. The van der Waals surface area contributed by atoms with E-state index in [0.29, 0.717) is 6.54 Å². The molecule has 2 N–H and O–H groups in total. The quantitative estimate of drug-likeness (QED) is 0.827. The predicted molar refractivity (Wildman–Crippen MR) is 71.8 cm³/mol. The Hall–Kier alpha value is -2.08. The van der Waals surface area contributed by atoms with Gasteiger partial charge in [0, 0.05) is 13.5 Å². The minimum Gasteiger partial charge on any atom is -0.497 e. The minimum atomic E-state index is -0.871. The molecule has 0 spiro atoms. The fourth-order valence-corrected chi connectivity index (χ4v) is 2.27. The van der Waals surface area contributed by atoms with E-state index < -0.39 is 12.3 Å². The molecule has 2 rings (SSSR count). The molecule has 1 aliphatic rings. The topological polar surface area (TPSA) is 78.9 Å². The number of carbonyl (C=O) groups is 2. The van der Waals surface area contributed by atoms with E-state index >= 15 is 0 Å². The number of benzene rings is 1. The van der Waals surface area contributed by atoms with Crippen LogP contribution in [0.3, 0.4) is 0 Å². The van der Waals surface area contributed by atoms with Gasteiger partial charge in [-0.15, -0.1) is 0 Å². The van der Waals surface area contributed by atoms with E-state index in [1.807, 2.05) is 12.1 Å². The van der Waals surface area contributed by atoms with Crippen molar-refractivity contribution < 1.29 is 19.4 Å². The largest absolute Gasteiger partial charge is 0.497 e. The Bertz CT molecular complexity index is 500. The van der Waals surface area contributed by atoms with Gasteiger partial charge in [-0.1, -0.05) is 12.1 Å². The van der Waals surface area contributed by atoms with E-state index in [-0.39, 0.29) is 18.2 Å². The minimum absolute atomic E-state index is 0.0289. The van der Waals surface area contributed by atoms with Crippen LogP contribution >= 0.6 is 0 Å². The second kappa shape index (κ2) is 5.92. The maximum atomic E-state index is 11.9. The average molecular weight is 278 g/mol. The van der Waals surface area contributed by atoms with Gasteiger partial charge in [-0.2, -0.15) is 0 Å². The molecule has 20 heavy (non-hydrogen) atoms. The number of methoxy groups -OCH3 is 1. The van der Waals surface area contributed by atoms with Crippen molar-refractivity contribution >= 4 is 11.8 Å². The third kappa shape index (κ3) is 3.08. The van der Waals surface area contributed by atoms with E-state index in [0.717, 1.165) is 11.3 Å². The lowest BCUT2D eigenvalue weighted by molar-refractivity contribution is -0.131. The first-order valence-corrected chi connectivity index (χ1v) is 6.39. The van der Waals surface area contributed by atoms with Crippen LogP contribution in [0.4, 0.5) is 0 Å². The Balaban J connectivity index is 2.11. The van der Waals surface area contributed by atoms with E-state index in [1.54, 1.807) is 19.2 Å². The van der Waals surface area contributed by atoms with Crippen molar-refractivity contribution in [2.24, 2.45) is 0 Å². The van der Waals surface area contributed by atoms with Crippen molar-refractivity contribution in [2.75, 3.05) is 7.11 Å². The van der Waals surface area contributed by atoms with Crippen LogP contribution in [0, 0.1) is 0 Å². The molecular weight excluding hydrogens is 260 g/mol. The van der Waals surface area contributed by atoms with Crippen LogP contribution in [0.5, 0.6) is 5.75 Å². The summed E-state index contributed by atoms with van der Waals surface area (Å²) in [7, 11) is 1.59. The Morgan fingerprint density at radius 2 is 2.10 bits per heavy atom. The van der Waals surface area contributed by atoms with Gasteiger partial charge >= 0.3 is 0 Å². The summed E-state index contributed by atoms with van der Waals surface area (Å²) in [6, 6.07) is 7.31. The van der Waals surface area contributed by atoms with E-state index in [4.69, 9.17) is 4.74 Å². The van der Waals surface area contributed by atoms with Crippen LogP contribution < -0.4 is 10.1 Å². The van der Waals surface area contributed by atoms with Gasteiger partial charge in [0.15, 0.2) is 0 Å². The predicted octanol–water partition coefficient (Wildman–Crippen LogP) is 0.251. The lowest BCUT2D eigenvalue weighted by Gasteiger charge is -2.26. The standard InChI is InChI=1S/C14H18N2O4/c1-9(17)15-14-12(18)7-13(19)16(14)8-10-3-5-11(20-2)6-4-10/h3-6,12,14,18H,7-8H2,1-2H3,(H,15,17)/t12-,14+/m0/s1. The first-order chi connectivity index (χ1) is 9.51. The molecular formula is C14H18N2O4. The van der Waals surface area contributed by atoms with Gasteiger partial charge in [-0.05, 0) is 17.7 Å². The van der Waals surface area contributed by atoms with Crippen LogP contribution in [0.15, 0.2) is 24.3 Å². The molecule has 0 saturated carbocycles. The number of aliphatic hydroxyl groups excluding tert-OH is 1. The van der Waals surface area contributed by atoms with Gasteiger partial charge in [0.1, 0.15) is 18.0 Å². The third-order valence-electron chi connectivity index (χ3n) is 3.27. The normalized spacial score (nSPS) is 21.9. The number of likely N-dealkylation sites (tertiary alicyclic amines) is 1. The molecule has 6 heteroatoms. The van der Waals surface area contributed by atoms with Crippen molar-refractivity contribution in [1.29, 1.82) is 0 Å². The van der Waals surface area contributed by atoms with Gasteiger partial charge < -0.3 is 20.1 Å². The zero-order chi connectivity index (χ0) is 14.7. The van der Waals surface area contributed by atoms with Gasteiger partial charge in [0.25, 0.3) is 0 Å². The van der Waals surface area contributed by atoms with Crippen LogP contribution in [0.2, 0.25) is 0 Å². The Morgan fingerprint density at radius 3 is 2.65 bits per heavy atom. The van der Waals surface area contributed by atoms with E-state index in [1.165, 1.54) is 11.8 Å². The van der Waals surface area contributed by atoms with Crippen LogP contribution in [0.25, 0.3) is 0 Å². The molecule has 2 amide bonds. The number of nitrogens with one attached hydrogen (secondary N) is 1. The highest BCUT2D eigenvalue weighted by molar-refractivity contribution is 5.81. The molecule has 1 aromatic carbocycles. The maximum absolute atomic E-state index is 11.9. The fraction of sp³-hybridized carbons (Fsp3) is 0.429. The van der Waals surface area contributed by atoms with Crippen molar-refractivity contribution in [1.82, 2.24) is 10.2 Å². The first kappa shape index (κ1) is 14.3. The zero-order valence-corrected chi connectivity index (χ0v) is 11.5. The second-order valence-electron chi connectivity index (χ2n) is 4.79. The Labute approximate surface area is 117 Å². The summed E-state index contributed by atoms with van der Waals surface area (Å²) < 4.78 is 5.07. The monoisotopic (exact) mass is 278 g/mol. The molecule has 0 unspecified atom stereocenters. The zero-order valence-electron chi connectivity index (χ0n) is 11.5. The summed E-state index contributed by atoms with van der Waals surface area (Å²) in [6.07, 6.45) is -1.51. The number of aliphatic hydroxyl groups is 1. The van der Waals surface area contributed by atoms with Gasteiger partial charge in [0.2, 0.25) is 11.8 Å². The molecule has 0 aromatic heterocycles. The lowest BCUT2D eigenvalue weighted by atomic mass is 10.2. The number of carbonyl (C=O) groups excluding carboxylic acids is 2. The molecule has 0 aliphatic carbocycles. The Morgan fingerprint density at radius 1 is 1.45 bits per heavy atom. The lowest BCUT2D eigenvalue weighted by Crippen LogP contribution is -2.49. The van der Waals surface area contributed by atoms with Crippen LogP contribution in [-0.2, 0) is 16.1 Å². The highest BCUT2D eigenvalue weighted by Crippen LogP contribution is 2.21. The SMILES string of the molecule is COc1ccc(CN2C(=O)C[C@H](O)[C@@H]2NC(C)=O)cc1. The van der Waals surface area contributed by atoms with Crippen LogP contribution in [-0.4, -0.2) is 41.2 Å². The number of hydrogen-bond acceptors (Lipinski definition) is 4. The summed E-state index contributed by atoms with van der Waals surface area (Å²) in [4.78, 5) is 24.5. The Kier molecular flexibility index (Phi) is 4.24. The number of nitrogens with zero attached hydrogens (tertiary/aromatic N) is 1. The summed E-state index contributed by atoms with van der Waals surface area (Å²) in [5.74, 6) is 0.287. The molecule has 6 nitrogen and oxygen atoms in total. The molecule has 1 fully saturated rings. The highest BCUT2D eigenvalue weighted by Gasteiger charge is 2.39. The van der Waals surface area contributed by atoms with Crippen molar-refractivity contribution in [3.63, 3.8) is 0 Å². The van der Waals surface area contributed by atoms with Crippen molar-refractivity contribution in [2.45, 2.75) is 32.2 Å². The number of ether oxygens (including phenoxy) is 1. The number of hydrogen-bond donors (Lipinski definition) is 2. The molecule has 1 heterocycles. The van der Waals surface area contributed by atoms with Gasteiger partial charge in [-0.3, -0.25) is 9.59 Å². The molecule has 0 radical (unpaired) electrons. The molecule has 2 atom stereocenters. The summed E-state index contributed by atoms with van der Waals surface area (Å²) in [6.45, 7) is 1.70. The third-order valence-corrected chi connectivity index (χ3v) is 3.27. The van der Waals surface area contributed by atoms with Crippen LogP contribution in [0.1, 0.15) is 18.9 Å². The first-order valence-electron chi connectivity index (χ1n) is 6.39.